The topological polar surface area (TPSA) is 108 Å². The summed E-state index contributed by atoms with van der Waals surface area (Å²) in [5.74, 6) is -0.513. The van der Waals surface area contributed by atoms with E-state index < -0.39 is 12.1 Å². The van der Waals surface area contributed by atoms with Gasteiger partial charge in [0.25, 0.3) is 0 Å². The fourth-order valence-electron chi connectivity index (χ4n) is 0.499. The van der Waals surface area contributed by atoms with Crippen LogP contribution in [0.2, 0.25) is 0 Å². The Morgan fingerprint density at radius 2 is 2.06 bits per heavy atom. The van der Waals surface area contributed by atoms with E-state index in [1.165, 1.54) is 6.08 Å². The Labute approximate surface area is 99.3 Å². The van der Waals surface area contributed by atoms with Gasteiger partial charge < -0.3 is 15.2 Å². The zero-order valence-electron chi connectivity index (χ0n) is 9.68. The largest absolute Gasteiger partial charge is 0.461 e. The highest BCUT2D eigenvalue weighted by atomic mass is 16.5. The Kier molecular flexibility index (Phi) is 14.1. The molecule has 0 aromatic heterocycles. The van der Waals surface area contributed by atoms with Crippen LogP contribution in [0, 0.1) is 0 Å². The molecule has 0 rings (SSSR count). The summed E-state index contributed by atoms with van der Waals surface area (Å²) in [4.78, 5) is 32.7. The molecule has 0 fully saturated rings. The van der Waals surface area contributed by atoms with E-state index in [0.717, 1.165) is 12.5 Å². The van der Waals surface area contributed by atoms with Gasteiger partial charge in [-0.1, -0.05) is 13.5 Å². The van der Waals surface area contributed by atoms with E-state index in [1.807, 2.05) is 6.92 Å². The van der Waals surface area contributed by atoms with Crippen LogP contribution in [0.3, 0.4) is 0 Å². The third-order valence-electron chi connectivity index (χ3n) is 1.13. The summed E-state index contributed by atoms with van der Waals surface area (Å²) in [5.41, 5.74) is 4.62. The number of hydrogen-bond acceptors (Lipinski definition) is 6. The lowest BCUT2D eigenvalue weighted by Gasteiger charge is -1.94. The number of ether oxygens (including phenoxy) is 2. The van der Waals surface area contributed by atoms with Gasteiger partial charge in [0.05, 0.1) is 13.2 Å². The summed E-state index contributed by atoms with van der Waals surface area (Å²) < 4.78 is 8.79. The van der Waals surface area contributed by atoms with Gasteiger partial charge in [0.2, 0.25) is 6.08 Å². The number of hydrogen-bond donors (Lipinski definition) is 1. The maximum absolute atomic E-state index is 10.3. The summed E-state index contributed by atoms with van der Waals surface area (Å²) in [7, 11) is 0. The Morgan fingerprint density at radius 3 is 2.41 bits per heavy atom. The Morgan fingerprint density at radius 1 is 1.41 bits per heavy atom. The summed E-state index contributed by atoms with van der Waals surface area (Å²) in [6.07, 6.45) is 2.49. The minimum atomic E-state index is -0.693. The molecule has 0 spiro atoms. The number of primary amides is 1. The predicted octanol–water partition coefficient (Wildman–Crippen LogP) is 0.543. The first-order valence-corrected chi connectivity index (χ1v) is 4.83. The number of carbonyl (C=O) groups is 2. The molecule has 0 aliphatic carbocycles. The molecule has 0 radical (unpaired) electrons. The Bertz CT molecular complexity index is 284. The maximum Gasteiger partial charge on any atom is 0.404 e. The SMILES string of the molecule is C=CC(=O)OCCN=C=O.CCCOC(N)=O. The number of carbonyl (C=O) groups excluding carboxylic acids is 3. The van der Waals surface area contributed by atoms with Crippen molar-refractivity contribution in [1.82, 2.24) is 0 Å². The third-order valence-corrected chi connectivity index (χ3v) is 1.13. The number of nitrogens with two attached hydrogens (primary N) is 1. The second-order valence-electron chi connectivity index (χ2n) is 2.51. The molecule has 17 heavy (non-hydrogen) atoms. The van der Waals surface area contributed by atoms with Crippen molar-refractivity contribution >= 4 is 18.1 Å². The molecule has 0 aromatic rings. The highest BCUT2D eigenvalue weighted by Crippen LogP contribution is 1.78. The van der Waals surface area contributed by atoms with Gasteiger partial charge in [-0.15, -0.1) is 0 Å². The molecule has 0 saturated carbocycles. The van der Waals surface area contributed by atoms with Crippen molar-refractivity contribution in [2.24, 2.45) is 10.7 Å². The van der Waals surface area contributed by atoms with Gasteiger partial charge in [-0.3, -0.25) is 0 Å². The smallest absolute Gasteiger partial charge is 0.404 e. The highest BCUT2D eigenvalue weighted by molar-refractivity contribution is 5.81. The molecule has 0 unspecified atom stereocenters. The first-order valence-electron chi connectivity index (χ1n) is 4.83. The molecule has 96 valence electrons. The van der Waals surface area contributed by atoms with E-state index in [9.17, 15) is 14.4 Å². The average Bonchev–Trinajstić information content (AvgIpc) is 2.32. The van der Waals surface area contributed by atoms with Gasteiger partial charge >= 0.3 is 12.1 Å². The summed E-state index contributed by atoms with van der Waals surface area (Å²) in [5, 5.41) is 0. The molecular formula is C10H16N2O5. The van der Waals surface area contributed by atoms with Crippen LogP contribution in [0.25, 0.3) is 0 Å². The van der Waals surface area contributed by atoms with Crippen molar-refractivity contribution in [1.29, 1.82) is 0 Å². The van der Waals surface area contributed by atoms with Gasteiger partial charge in [-0.05, 0) is 6.42 Å². The number of nitrogens with zero attached hydrogens (tertiary/aromatic N) is 1. The van der Waals surface area contributed by atoms with Crippen molar-refractivity contribution in [3.05, 3.63) is 12.7 Å². The molecule has 7 nitrogen and oxygen atoms in total. The van der Waals surface area contributed by atoms with Crippen molar-refractivity contribution in [3.63, 3.8) is 0 Å². The fourth-order valence-corrected chi connectivity index (χ4v) is 0.499. The quantitative estimate of drug-likeness (QED) is 0.241. The van der Waals surface area contributed by atoms with E-state index in [1.54, 1.807) is 0 Å². The Balaban J connectivity index is 0. The number of aliphatic imine (C=N–C) groups is 1. The monoisotopic (exact) mass is 244 g/mol. The minimum absolute atomic E-state index is 0.0973. The van der Waals surface area contributed by atoms with Crippen molar-refractivity contribution < 1.29 is 23.9 Å². The normalized spacial score (nSPS) is 7.82. The van der Waals surface area contributed by atoms with Crippen LogP contribution < -0.4 is 5.73 Å². The molecule has 2 N–H and O–H groups in total. The Hall–Kier alpha value is -2.14. The number of isocyanates is 1. The molecule has 0 aromatic carbocycles. The maximum atomic E-state index is 10.3. The summed E-state index contributed by atoms with van der Waals surface area (Å²) in [6, 6.07) is 0. The minimum Gasteiger partial charge on any atom is -0.461 e. The molecule has 0 atom stereocenters. The van der Waals surface area contributed by atoms with Gasteiger partial charge in [0.1, 0.15) is 6.61 Å². The molecule has 0 aliphatic rings. The summed E-state index contributed by atoms with van der Waals surface area (Å²) >= 11 is 0. The van der Waals surface area contributed by atoms with E-state index in [0.29, 0.717) is 6.61 Å². The second-order valence-corrected chi connectivity index (χ2v) is 2.51. The van der Waals surface area contributed by atoms with E-state index in [-0.39, 0.29) is 13.2 Å². The van der Waals surface area contributed by atoms with Crippen molar-refractivity contribution in [2.45, 2.75) is 13.3 Å². The van der Waals surface area contributed by atoms with E-state index >= 15 is 0 Å². The molecule has 0 heterocycles. The van der Waals surface area contributed by atoms with Gasteiger partial charge in [-0.25, -0.2) is 19.4 Å². The molecule has 7 heteroatoms. The van der Waals surface area contributed by atoms with Crippen LogP contribution in [0.1, 0.15) is 13.3 Å². The average molecular weight is 244 g/mol. The number of esters is 1. The zero-order chi connectivity index (χ0) is 13.5. The van der Waals surface area contributed by atoms with Crippen LogP contribution in [-0.4, -0.2) is 37.9 Å². The van der Waals surface area contributed by atoms with Gasteiger partial charge in [0.15, 0.2) is 0 Å². The fraction of sp³-hybridized carbons (Fsp3) is 0.500. The van der Waals surface area contributed by atoms with Crippen molar-refractivity contribution in [3.8, 4) is 0 Å². The lowest BCUT2D eigenvalue weighted by molar-refractivity contribution is -0.137. The van der Waals surface area contributed by atoms with Crippen LogP contribution in [0.15, 0.2) is 17.6 Å². The zero-order valence-corrected chi connectivity index (χ0v) is 9.68. The van der Waals surface area contributed by atoms with Crippen molar-refractivity contribution in [2.75, 3.05) is 19.8 Å². The standard InChI is InChI=1S/C6H7NO3.C4H9NO2/c1-2-6(9)10-4-3-7-5-8;1-2-3-7-4(5)6/h2H,1,3-4H2;2-3H2,1H3,(H2,5,6). The van der Waals surface area contributed by atoms with Crippen LogP contribution >= 0.6 is 0 Å². The second kappa shape index (κ2) is 13.9. The van der Waals surface area contributed by atoms with E-state index in [4.69, 9.17) is 0 Å². The van der Waals surface area contributed by atoms with E-state index in [2.05, 4.69) is 26.8 Å². The van der Waals surface area contributed by atoms with Crippen LogP contribution in [-0.2, 0) is 19.1 Å². The first-order chi connectivity index (χ1) is 8.08. The number of amides is 1. The predicted molar refractivity (Wildman–Crippen MR) is 60.0 cm³/mol. The first kappa shape index (κ1) is 17.3. The lowest BCUT2D eigenvalue weighted by atomic mass is 10.5. The molecule has 0 aliphatic heterocycles. The van der Waals surface area contributed by atoms with Gasteiger partial charge in [0, 0.05) is 6.08 Å². The number of rotatable bonds is 6. The lowest BCUT2D eigenvalue weighted by Crippen LogP contribution is -2.12. The van der Waals surface area contributed by atoms with Crippen LogP contribution in [0.5, 0.6) is 0 Å². The van der Waals surface area contributed by atoms with Gasteiger partial charge in [-0.2, -0.15) is 0 Å². The molecule has 0 saturated heterocycles. The molecular weight excluding hydrogens is 228 g/mol. The van der Waals surface area contributed by atoms with Crippen LogP contribution in [0.4, 0.5) is 4.79 Å². The highest BCUT2D eigenvalue weighted by Gasteiger charge is 1.91. The third kappa shape index (κ3) is 20.1. The summed E-state index contributed by atoms with van der Waals surface area (Å²) in [6.45, 7) is 5.76. The molecule has 0 bridgehead atoms. The molecule has 1 amide bonds.